The topological polar surface area (TPSA) is 29.4 Å². The standard InChI is InChI=1S/C11H14FN.C8H14F2O.C6H12/c1-4-9(3)13-11-7-10(12)6-5-8(11)2;1-4-6(11)5-8(2,3)7(9)10;1-6(2)4-3-5-6/h5-7H,4H2,1-3H3;7H,4-5H2,1-3H3;3-5H2,1-2H3. The lowest BCUT2D eigenvalue weighted by Gasteiger charge is -2.33. The van der Waals surface area contributed by atoms with Crippen molar-refractivity contribution in [2.24, 2.45) is 15.8 Å². The van der Waals surface area contributed by atoms with E-state index in [1.807, 2.05) is 20.8 Å². The molecule has 1 saturated carbocycles. The van der Waals surface area contributed by atoms with Crippen molar-refractivity contribution in [2.75, 3.05) is 0 Å². The SMILES string of the molecule is CC1(C)CCC1.CCC(=O)CC(C)(C)C(F)F.CCC(C)=Nc1cc(F)ccc1C. The minimum Gasteiger partial charge on any atom is -0.300 e. The van der Waals surface area contributed by atoms with Crippen LogP contribution in [0.1, 0.15) is 92.6 Å². The molecule has 172 valence electrons. The summed E-state index contributed by atoms with van der Waals surface area (Å²) in [4.78, 5) is 15.1. The summed E-state index contributed by atoms with van der Waals surface area (Å²) in [7, 11) is 0. The van der Waals surface area contributed by atoms with Gasteiger partial charge in [0.2, 0.25) is 6.43 Å². The van der Waals surface area contributed by atoms with Gasteiger partial charge in [0.05, 0.1) is 5.69 Å². The highest BCUT2D eigenvalue weighted by atomic mass is 19.3. The van der Waals surface area contributed by atoms with Gasteiger partial charge in [-0.05, 0) is 56.2 Å². The summed E-state index contributed by atoms with van der Waals surface area (Å²) in [6, 6.07) is 4.67. The number of halogens is 3. The molecule has 1 aromatic rings. The fourth-order valence-corrected chi connectivity index (χ4v) is 2.58. The fourth-order valence-electron chi connectivity index (χ4n) is 2.58. The summed E-state index contributed by atoms with van der Waals surface area (Å²) in [5, 5.41) is 0. The third-order valence-corrected chi connectivity index (χ3v) is 5.34. The van der Waals surface area contributed by atoms with Crippen LogP contribution in [-0.2, 0) is 4.79 Å². The minimum absolute atomic E-state index is 0.0266. The number of benzene rings is 1. The van der Waals surface area contributed by atoms with Gasteiger partial charge >= 0.3 is 0 Å². The Morgan fingerprint density at radius 3 is 2.07 bits per heavy atom. The molecule has 1 aromatic carbocycles. The summed E-state index contributed by atoms with van der Waals surface area (Å²) in [6.07, 6.45) is 3.17. The molecule has 1 fully saturated rings. The number of alkyl halides is 2. The number of carbonyl (C=O) groups excluding carboxylic acids is 1. The molecule has 2 nitrogen and oxygen atoms in total. The first-order valence-corrected chi connectivity index (χ1v) is 10.8. The van der Waals surface area contributed by atoms with Crippen LogP contribution in [0.25, 0.3) is 0 Å². The van der Waals surface area contributed by atoms with Crippen LogP contribution < -0.4 is 0 Å². The smallest absolute Gasteiger partial charge is 0.244 e. The van der Waals surface area contributed by atoms with E-state index in [1.165, 1.54) is 45.2 Å². The molecule has 0 radical (unpaired) electrons. The molecule has 30 heavy (non-hydrogen) atoms. The molecule has 0 aliphatic heterocycles. The summed E-state index contributed by atoms with van der Waals surface area (Å²) in [5.74, 6) is -0.330. The lowest BCUT2D eigenvalue weighted by molar-refractivity contribution is -0.123. The Labute approximate surface area is 181 Å². The number of Topliss-reactive ketones (excluding diaryl/α,β-unsaturated/α-hetero) is 1. The molecule has 1 aliphatic carbocycles. The van der Waals surface area contributed by atoms with Crippen molar-refractivity contribution in [2.45, 2.75) is 100 Å². The molecule has 0 heterocycles. The predicted octanol–water partition coefficient (Wildman–Crippen LogP) is 8.48. The summed E-state index contributed by atoms with van der Waals surface area (Å²) < 4.78 is 37.1. The zero-order chi connectivity index (χ0) is 23.5. The Kier molecular flexibility index (Phi) is 12.2. The van der Waals surface area contributed by atoms with E-state index in [0.29, 0.717) is 6.42 Å². The van der Waals surface area contributed by atoms with Gasteiger partial charge in [-0.15, -0.1) is 0 Å². The van der Waals surface area contributed by atoms with Gasteiger partial charge in [0.1, 0.15) is 11.6 Å². The number of rotatable bonds is 6. The van der Waals surface area contributed by atoms with Crippen LogP contribution in [0.2, 0.25) is 0 Å². The Morgan fingerprint density at radius 2 is 1.70 bits per heavy atom. The van der Waals surface area contributed by atoms with Crippen LogP contribution >= 0.6 is 0 Å². The highest BCUT2D eigenvalue weighted by Gasteiger charge is 2.31. The van der Waals surface area contributed by atoms with Gasteiger partial charge in [0, 0.05) is 24.0 Å². The molecule has 0 N–H and O–H groups in total. The molecule has 2 rings (SSSR count). The zero-order valence-corrected chi connectivity index (χ0v) is 20.0. The largest absolute Gasteiger partial charge is 0.300 e. The van der Waals surface area contributed by atoms with Crippen molar-refractivity contribution >= 4 is 17.2 Å². The number of aliphatic imine (C=N–C) groups is 1. The first-order valence-electron chi connectivity index (χ1n) is 10.8. The summed E-state index contributed by atoms with van der Waals surface area (Å²) in [5.41, 5.74) is 2.33. The number of ketones is 1. The fraction of sp³-hybridized carbons (Fsp3) is 0.680. The Bertz CT molecular complexity index is 688. The van der Waals surface area contributed by atoms with E-state index < -0.39 is 11.8 Å². The second-order valence-electron chi connectivity index (χ2n) is 9.51. The van der Waals surface area contributed by atoms with Gasteiger partial charge in [0.25, 0.3) is 0 Å². The number of hydrogen-bond acceptors (Lipinski definition) is 2. The molecule has 1 aliphatic rings. The molecule has 0 saturated heterocycles. The average Bonchev–Trinajstić information content (AvgIpc) is 2.64. The Balaban J connectivity index is 0.000000447. The van der Waals surface area contributed by atoms with Crippen molar-refractivity contribution in [1.82, 2.24) is 0 Å². The summed E-state index contributed by atoms with van der Waals surface area (Å²) >= 11 is 0. The van der Waals surface area contributed by atoms with Crippen molar-refractivity contribution in [3.63, 3.8) is 0 Å². The maximum Gasteiger partial charge on any atom is 0.244 e. The van der Waals surface area contributed by atoms with Gasteiger partial charge < -0.3 is 0 Å². The Hall–Kier alpha value is -1.65. The predicted molar refractivity (Wildman–Crippen MR) is 122 cm³/mol. The zero-order valence-electron chi connectivity index (χ0n) is 20.0. The number of carbonyl (C=O) groups is 1. The van der Waals surface area contributed by atoms with Gasteiger partial charge in [-0.2, -0.15) is 0 Å². The molecule has 0 atom stereocenters. The molecule has 0 aromatic heterocycles. The van der Waals surface area contributed by atoms with E-state index in [9.17, 15) is 18.0 Å². The lowest BCUT2D eigenvalue weighted by Crippen LogP contribution is -2.25. The van der Waals surface area contributed by atoms with Crippen LogP contribution in [-0.4, -0.2) is 17.9 Å². The monoisotopic (exact) mass is 427 g/mol. The van der Waals surface area contributed by atoms with E-state index in [1.54, 1.807) is 13.0 Å². The molecule has 0 spiro atoms. The highest BCUT2D eigenvalue weighted by molar-refractivity contribution is 5.84. The van der Waals surface area contributed by atoms with Gasteiger partial charge in [0.15, 0.2) is 0 Å². The van der Waals surface area contributed by atoms with E-state index in [4.69, 9.17) is 0 Å². The van der Waals surface area contributed by atoms with Crippen LogP contribution in [0.15, 0.2) is 23.2 Å². The molecule has 0 amide bonds. The molecular weight excluding hydrogens is 387 g/mol. The maximum atomic E-state index is 12.8. The third kappa shape index (κ3) is 11.5. The van der Waals surface area contributed by atoms with Crippen LogP contribution in [0.5, 0.6) is 0 Å². The van der Waals surface area contributed by atoms with Crippen LogP contribution in [0, 0.1) is 23.6 Å². The first kappa shape index (κ1) is 28.4. The van der Waals surface area contributed by atoms with Crippen molar-refractivity contribution in [3.05, 3.63) is 29.6 Å². The summed E-state index contributed by atoms with van der Waals surface area (Å²) in [6.45, 7) is 15.1. The van der Waals surface area contributed by atoms with Gasteiger partial charge in [-0.25, -0.2) is 13.2 Å². The first-order chi connectivity index (χ1) is 13.7. The second-order valence-corrected chi connectivity index (χ2v) is 9.51. The quantitative estimate of drug-likeness (QED) is 0.419. The Morgan fingerprint density at radius 1 is 1.17 bits per heavy atom. The number of aryl methyl sites for hydroxylation is 1. The van der Waals surface area contributed by atoms with E-state index in [2.05, 4.69) is 18.8 Å². The van der Waals surface area contributed by atoms with Crippen LogP contribution in [0.3, 0.4) is 0 Å². The minimum atomic E-state index is -2.42. The maximum absolute atomic E-state index is 12.8. The van der Waals surface area contributed by atoms with Crippen molar-refractivity contribution in [1.29, 1.82) is 0 Å². The highest BCUT2D eigenvalue weighted by Crippen LogP contribution is 2.38. The van der Waals surface area contributed by atoms with Gasteiger partial charge in [-0.3, -0.25) is 9.79 Å². The normalized spacial score (nSPS) is 15.4. The average molecular weight is 428 g/mol. The van der Waals surface area contributed by atoms with E-state index in [-0.39, 0.29) is 18.0 Å². The second kappa shape index (κ2) is 12.9. The van der Waals surface area contributed by atoms with E-state index >= 15 is 0 Å². The van der Waals surface area contributed by atoms with Gasteiger partial charge in [-0.1, -0.05) is 54.0 Å². The number of hydrogen-bond donors (Lipinski definition) is 0. The van der Waals surface area contributed by atoms with Crippen LogP contribution in [0.4, 0.5) is 18.9 Å². The lowest BCUT2D eigenvalue weighted by atomic mass is 9.72. The van der Waals surface area contributed by atoms with Crippen molar-refractivity contribution < 1.29 is 18.0 Å². The van der Waals surface area contributed by atoms with Crippen molar-refractivity contribution in [3.8, 4) is 0 Å². The molecular formula is C25H40F3NO. The third-order valence-electron chi connectivity index (χ3n) is 5.34. The molecule has 0 unspecified atom stereocenters. The molecule has 0 bridgehead atoms. The van der Waals surface area contributed by atoms with E-state index in [0.717, 1.165) is 28.8 Å². The molecule has 5 heteroatoms. The number of nitrogens with zero attached hydrogens (tertiary/aromatic N) is 1.